The fourth-order valence-electron chi connectivity index (χ4n) is 1.49. The van der Waals surface area contributed by atoms with Gasteiger partial charge in [0.15, 0.2) is 0 Å². The van der Waals surface area contributed by atoms with Crippen molar-refractivity contribution in [2.24, 2.45) is 0 Å². The molecular weight excluding hydrogens is 298 g/mol. The molecule has 4 heteroatoms. The zero-order chi connectivity index (χ0) is 12.1. The Bertz CT molecular complexity index is 496. The van der Waals surface area contributed by atoms with Crippen molar-refractivity contribution in [1.29, 1.82) is 0 Å². The molecule has 0 aliphatic carbocycles. The first-order valence-electron chi connectivity index (χ1n) is 5.32. The zero-order valence-corrected chi connectivity index (χ0v) is 11.6. The van der Waals surface area contributed by atoms with Gasteiger partial charge in [0.25, 0.3) is 5.91 Å². The molecule has 2 aromatic rings. The Labute approximate surface area is 113 Å². The highest BCUT2D eigenvalue weighted by Crippen LogP contribution is 2.15. The lowest BCUT2D eigenvalue weighted by atomic mass is 10.2. The van der Waals surface area contributed by atoms with Gasteiger partial charge in [-0.05, 0) is 45.9 Å². The molecule has 1 amide bonds. The van der Waals surface area contributed by atoms with E-state index >= 15 is 0 Å². The van der Waals surface area contributed by atoms with Crippen molar-refractivity contribution in [3.8, 4) is 0 Å². The van der Waals surface area contributed by atoms with Crippen molar-refractivity contribution in [3.05, 3.63) is 56.7 Å². The second-order valence-electron chi connectivity index (χ2n) is 3.57. The monoisotopic (exact) mass is 309 g/mol. The number of rotatable bonds is 4. The van der Waals surface area contributed by atoms with Crippen LogP contribution in [0.2, 0.25) is 0 Å². The Morgan fingerprint density at radius 1 is 1.24 bits per heavy atom. The summed E-state index contributed by atoms with van der Waals surface area (Å²) in [6, 6.07) is 11.5. The quantitative estimate of drug-likeness (QED) is 0.920. The minimum Gasteiger partial charge on any atom is -0.352 e. The number of carbonyl (C=O) groups is 1. The Hall–Kier alpha value is -1.13. The summed E-state index contributed by atoms with van der Waals surface area (Å²) < 4.78 is 0.827. The number of hydrogen-bond acceptors (Lipinski definition) is 2. The van der Waals surface area contributed by atoms with Gasteiger partial charge in [-0.3, -0.25) is 4.79 Å². The van der Waals surface area contributed by atoms with E-state index in [9.17, 15) is 4.79 Å². The van der Waals surface area contributed by atoms with E-state index in [1.807, 2.05) is 35.7 Å². The van der Waals surface area contributed by atoms with Gasteiger partial charge in [-0.15, -0.1) is 11.3 Å². The number of halogens is 1. The van der Waals surface area contributed by atoms with Crippen molar-refractivity contribution in [3.63, 3.8) is 0 Å². The highest BCUT2D eigenvalue weighted by atomic mass is 79.9. The fourth-order valence-corrected chi connectivity index (χ4v) is 2.67. The van der Waals surface area contributed by atoms with Gasteiger partial charge in [-0.1, -0.05) is 18.2 Å². The topological polar surface area (TPSA) is 29.1 Å². The number of amides is 1. The Balaban J connectivity index is 1.88. The molecule has 0 saturated carbocycles. The van der Waals surface area contributed by atoms with E-state index in [1.54, 1.807) is 11.3 Å². The van der Waals surface area contributed by atoms with Crippen LogP contribution < -0.4 is 5.32 Å². The molecule has 0 unspecified atom stereocenters. The van der Waals surface area contributed by atoms with Gasteiger partial charge in [-0.25, -0.2) is 0 Å². The van der Waals surface area contributed by atoms with Crippen LogP contribution in [0.5, 0.6) is 0 Å². The largest absolute Gasteiger partial charge is 0.352 e. The maximum atomic E-state index is 11.9. The van der Waals surface area contributed by atoms with E-state index in [0.29, 0.717) is 12.1 Å². The summed E-state index contributed by atoms with van der Waals surface area (Å²) in [6.45, 7) is 0.667. The van der Waals surface area contributed by atoms with Crippen LogP contribution in [0.1, 0.15) is 15.2 Å². The van der Waals surface area contributed by atoms with E-state index in [2.05, 4.69) is 27.3 Å². The summed E-state index contributed by atoms with van der Waals surface area (Å²) in [5.74, 6) is -0.0333. The fraction of sp³-hybridized carbons (Fsp3) is 0.154. The minimum absolute atomic E-state index is 0.0333. The third kappa shape index (κ3) is 3.41. The van der Waals surface area contributed by atoms with Gasteiger partial charge in [0.05, 0.1) is 5.56 Å². The van der Waals surface area contributed by atoms with Crippen molar-refractivity contribution in [2.45, 2.75) is 6.42 Å². The molecule has 0 saturated heterocycles. The molecule has 2 rings (SSSR count). The Morgan fingerprint density at radius 3 is 2.76 bits per heavy atom. The van der Waals surface area contributed by atoms with Gasteiger partial charge in [0, 0.05) is 15.9 Å². The summed E-state index contributed by atoms with van der Waals surface area (Å²) in [5.41, 5.74) is 0.679. The van der Waals surface area contributed by atoms with Crippen LogP contribution in [-0.2, 0) is 6.42 Å². The minimum atomic E-state index is -0.0333. The van der Waals surface area contributed by atoms with Crippen LogP contribution in [0.4, 0.5) is 0 Å². The highest BCUT2D eigenvalue weighted by molar-refractivity contribution is 9.10. The summed E-state index contributed by atoms with van der Waals surface area (Å²) >= 11 is 5.08. The SMILES string of the molecule is O=C(NCCc1cccs1)c1ccccc1Br. The maximum absolute atomic E-state index is 11.9. The van der Waals surface area contributed by atoms with Crippen LogP contribution in [0.15, 0.2) is 46.3 Å². The molecule has 2 nitrogen and oxygen atoms in total. The Morgan fingerprint density at radius 2 is 2.06 bits per heavy atom. The maximum Gasteiger partial charge on any atom is 0.252 e. The summed E-state index contributed by atoms with van der Waals surface area (Å²) in [7, 11) is 0. The Kier molecular flexibility index (Phi) is 4.34. The summed E-state index contributed by atoms with van der Waals surface area (Å²) in [5, 5.41) is 4.96. The van der Waals surface area contributed by atoms with Crippen LogP contribution >= 0.6 is 27.3 Å². The van der Waals surface area contributed by atoms with Crippen molar-refractivity contribution < 1.29 is 4.79 Å². The van der Waals surface area contributed by atoms with Crippen LogP contribution in [0.25, 0.3) is 0 Å². The molecule has 17 heavy (non-hydrogen) atoms. The molecular formula is C13H12BrNOS. The van der Waals surface area contributed by atoms with Crippen molar-refractivity contribution in [2.75, 3.05) is 6.54 Å². The lowest BCUT2D eigenvalue weighted by Crippen LogP contribution is -2.25. The van der Waals surface area contributed by atoms with Gasteiger partial charge >= 0.3 is 0 Å². The first-order chi connectivity index (χ1) is 8.27. The average Bonchev–Trinajstić information content (AvgIpc) is 2.82. The summed E-state index contributed by atoms with van der Waals surface area (Å²) in [6.07, 6.45) is 0.883. The highest BCUT2D eigenvalue weighted by Gasteiger charge is 2.07. The van der Waals surface area contributed by atoms with E-state index in [4.69, 9.17) is 0 Å². The number of benzene rings is 1. The molecule has 1 N–H and O–H groups in total. The van der Waals surface area contributed by atoms with E-state index in [-0.39, 0.29) is 5.91 Å². The molecule has 0 spiro atoms. The lowest BCUT2D eigenvalue weighted by Gasteiger charge is -2.05. The predicted molar refractivity (Wildman–Crippen MR) is 74.5 cm³/mol. The van der Waals surface area contributed by atoms with E-state index < -0.39 is 0 Å². The second kappa shape index (κ2) is 5.98. The lowest BCUT2D eigenvalue weighted by molar-refractivity contribution is 0.0953. The molecule has 0 radical (unpaired) electrons. The molecule has 0 bridgehead atoms. The number of thiophene rings is 1. The molecule has 0 fully saturated rings. The zero-order valence-electron chi connectivity index (χ0n) is 9.15. The second-order valence-corrected chi connectivity index (χ2v) is 5.45. The smallest absolute Gasteiger partial charge is 0.252 e. The van der Waals surface area contributed by atoms with E-state index in [0.717, 1.165) is 10.9 Å². The van der Waals surface area contributed by atoms with E-state index in [1.165, 1.54) is 4.88 Å². The van der Waals surface area contributed by atoms with Crippen LogP contribution in [0, 0.1) is 0 Å². The summed E-state index contributed by atoms with van der Waals surface area (Å²) in [4.78, 5) is 13.1. The molecule has 0 aliphatic rings. The standard InChI is InChI=1S/C13H12BrNOS/c14-12-6-2-1-5-11(12)13(16)15-8-7-10-4-3-9-17-10/h1-6,9H,7-8H2,(H,15,16). The normalized spacial score (nSPS) is 10.2. The molecule has 1 aromatic heterocycles. The van der Waals surface area contributed by atoms with Gasteiger partial charge in [0.2, 0.25) is 0 Å². The molecule has 1 heterocycles. The van der Waals surface area contributed by atoms with Crippen molar-refractivity contribution in [1.82, 2.24) is 5.32 Å². The third-order valence-corrected chi connectivity index (χ3v) is 3.98. The van der Waals surface area contributed by atoms with Gasteiger partial charge in [-0.2, -0.15) is 0 Å². The number of carbonyl (C=O) groups excluding carboxylic acids is 1. The van der Waals surface area contributed by atoms with Crippen LogP contribution in [-0.4, -0.2) is 12.5 Å². The molecule has 0 aliphatic heterocycles. The number of nitrogens with one attached hydrogen (secondary N) is 1. The third-order valence-electron chi connectivity index (χ3n) is 2.36. The average molecular weight is 310 g/mol. The van der Waals surface area contributed by atoms with Crippen molar-refractivity contribution >= 4 is 33.2 Å². The van der Waals surface area contributed by atoms with Gasteiger partial charge in [0.1, 0.15) is 0 Å². The molecule has 88 valence electrons. The first kappa shape index (κ1) is 12.3. The molecule has 0 atom stereocenters. The first-order valence-corrected chi connectivity index (χ1v) is 7.00. The van der Waals surface area contributed by atoms with Gasteiger partial charge < -0.3 is 5.32 Å². The number of hydrogen-bond donors (Lipinski definition) is 1. The predicted octanol–water partition coefficient (Wildman–Crippen LogP) is 3.48. The van der Waals surface area contributed by atoms with Crippen LogP contribution in [0.3, 0.4) is 0 Å². The molecule has 1 aromatic carbocycles.